The number of likely N-dealkylation sites (N-methyl/N-ethyl adjacent to an activating group) is 1. The number of methoxy groups -OCH3 is 1. The minimum atomic E-state index is 0.241. The Kier molecular flexibility index (Phi) is 3.38. The number of fused-ring (bicyclic) bond motifs is 1. The second kappa shape index (κ2) is 4.57. The molecule has 0 saturated carbocycles. The molecule has 0 bridgehead atoms. The van der Waals surface area contributed by atoms with E-state index in [9.17, 15) is 0 Å². The van der Waals surface area contributed by atoms with Crippen LogP contribution in [0.25, 0.3) is 0 Å². The molecule has 82 valence electrons. The smallest absolute Gasteiger partial charge is 0.109 e. The van der Waals surface area contributed by atoms with Gasteiger partial charge < -0.3 is 10.1 Å². The maximum absolute atomic E-state index is 5.37. The molecule has 14 heavy (non-hydrogen) atoms. The summed E-state index contributed by atoms with van der Waals surface area (Å²) in [4.78, 5) is 2.49. The summed E-state index contributed by atoms with van der Waals surface area (Å²) in [6.07, 6.45) is 3.03. The second-order valence-electron chi connectivity index (χ2n) is 4.10. The van der Waals surface area contributed by atoms with E-state index in [0.717, 1.165) is 26.1 Å². The SMILES string of the molecule is CCN1CCNC2CCC(OC)NC21. The van der Waals surface area contributed by atoms with E-state index in [1.807, 2.05) is 0 Å². The van der Waals surface area contributed by atoms with Crippen LogP contribution < -0.4 is 10.6 Å². The van der Waals surface area contributed by atoms with Gasteiger partial charge in [0.1, 0.15) is 6.23 Å². The zero-order valence-electron chi connectivity index (χ0n) is 9.12. The van der Waals surface area contributed by atoms with Crippen LogP contribution in [0.1, 0.15) is 19.8 Å². The van der Waals surface area contributed by atoms with E-state index in [1.54, 1.807) is 7.11 Å². The molecule has 0 aromatic rings. The lowest BCUT2D eigenvalue weighted by Crippen LogP contribution is -2.67. The molecule has 0 aromatic heterocycles. The average molecular weight is 199 g/mol. The molecule has 0 aliphatic carbocycles. The number of piperidine rings is 1. The molecule has 2 fully saturated rings. The van der Waals surface area contributed by atoms with Crippen LogP contribution >= 0.6 is 0 Å². The van der Waals surface area contributed by atoms with Crippen LogP contribution in [0.4, 0.5) is 0 Å². The van der Waals surface area contributed by atoms with Crippen molar-refractivity contribution in [1.82, 2.24) is 15.5 Å². The topological polar surface area (TPSA) is 36.5 Å². The molecule has 2 heterocycles. The molecule has 2 N–H and O–H groups in total. The fraction of sp³-hybridized carbons (Fsp3) is 1.00. The van der Waals surface area contributed by atoms with Crippen LogP contribution in [0.15, 0.2) is 0 Å². The number of nitrogens with one attached hydrogen (secondary N) is 2. The first kappa shape index (κ1) is 10.4. The first-order chi connectivity index (χ1) is 6.85. The molecule has 0 amide bonds. The highest BCUT2D eigenvalue weighted by molar-refractivity contribution is 4.91. The summed E-state index contributed by atoms with van der Waals surface area (Å²) in [6, 6.07) is 0.607. The molecule has 3 atom stereocenters. The number of ether oxygens (including phenoxy) is 1. The third kappa shape index (κ3) is 1.93. The zero-order valence-corrected chi connectivity index (χ0v) is 9.12. The lowest BCUT2D eigenvalue weighted by Gasteiger charge is -2.46. The Morgan fingerprint density at radius 2 is 2.29 bits per heavy atom. The van der Waals surface area contributed by atoms with Gasteiger partial charge in [0.25, 0.3) is 0 Å². The van der Waals surface area contributed by atoms with E-state index >= 15 is 0 Å². The van der Waals surface area contributed by atoms with Gasteiger partial charge in [0, 0.05) is 26.2 Å². The van der Waals surface area contributed by atoms with Crippen LogP contribution in [0.2, 0.25) is 0 Å². The minimum absolute atomic E-state index is 0.241. The van der Waals surface area contributed by atoms with E-state index in [0.29, 0.717) is 12.2 Å². The van der Waals surface area contributed by atoms with E-state index in [2.05, 4.69) is 22.5 Å². The van der Waals surface area contributed by atoms with E-state index < -0.39 is 0 Å². The van der Waals surface area contributed by atoms with Crippen molar-refractivity contribution in [3.8, 4) is 0 Å². The Labute approximate surface area is 86.0 Å². The summed E-state index contributed by atoms with van der Waals surface area (Å²) >= 11 is 0. The molecule has 4 nitrogen and oxygen atoms in total. The first-order valence-corrected chi connectivity index (χ1v) is 5.61. The quantitative estimate of drug-likeness (QED) is 0.654. The highest BCUT2D eigenvalue weighted by Crippen LogP contribution is 2.19. The molecule has 0 spiro atoms. The van der Waals surface area contributed by atoms with Crippen LogP contribution in [0.5, 0.6) is 0 Å². The van der Waals surface area contributed by atoms with Crippen molar-refractivity contribution in [1.29, 1.82) is 0 Å². The number of hydrogen-bond acceptors (Lipinski definition) is 4. The van der Waals surface area contributed by atoms with Crippen molar-refractivity contribution < 1.29 is 4.74 Å². The Hall–Kier alpha value is -0.160. The summed E-state index contributed by atoms with van der Waals surface area (Å²) in [5.74, 6) is 0. The largest absolute Gasteiger partial charge is 0.367 e. The van der Waals surface area contributed by atoms with E-state index in [4.69, 9.17) is 4.74 Å². The predicted molar refractivity (Wildman–Crippen MR) is 56.0 cm³/mol. The van der Waals surface area contributed by atoms with Crippen molar-refractivity contribution in [3.05, 3.63) is 0 Å². The maximum Gasteiger partial charge on any atom is 0.109 e. The normalized spacial score (nSPS) is 39.4. The van der Waals surface area contributed by atoms with Crippen molar-refractivity contribution in [2.45, 2.75) is 38.2 Å². The highest BCUT2D eigenvalue weighted by atomic mass is 16.5. The summed E-state index contributed by atoms with van der Waals surface area (Å²) in [5, 5.41) is 7.12. The molecule has 2 saturated heterocycles. The molecule has 0 radical (unpaired) electrons. The van der Waals surface area contributed by atoms with Gasteiger partial charge in [0.2, 0.25) is 0 Å². The van der Waals surface area contributed by atoms with E-state index in [-0.39, 0.29) is 6.23 Å². The average Bonchev–Trinajstić information content (AvgIpc) is 2.27. The second-order valence-corrected chi connectivity index (χ2v) is 4.10. The van der Waals surface area contributed by atoms with Gasteiger partial charge in [-0.3, -0.25) is 10.2 Å². The summed E-state index contributed by atoms with van der Waals surface area (Å²) < 4.78 is 5.37. The standard InChI is InChI=1S/C10H21N3O/c1-3-13-7-6-11-8-4-5-9(14-2)12-10(8)13/h8-12H,3-7H2,1-2H3. The monoisotopic (exact) mass is 199 g/mol. The zero-order chi connectivity index (χ0) is 9.97. The Bertz CT molecular complexity index is 182. The fourth-order valence-corrected chi connectivity index (χ4v) is 2.53. The Balaban J connectivity index is 1.98. The highest BCUT2D eigenvalue weighted by Gasteiger charge is 2.35. The summed E-state index contributed by atoms with van der Waals surface area (Å²) in [7, 11) is 1.78. The molecule has 2 rings (SSSR count). The van der Waals surface area contributed by atoms with Crippen molar-refractivity contribution in [2.75, 3.05) is 26.7 Å². The maximum atomic E-state index is 5.37. The van der Waals surface area contributed by atoms with Gasteiger partial charge in [0.05, 0.1) is 6.17 Å². The number of nitrogens with zero attached hydrogens (tertiary/aromatic N) is 1. The van der Waals surface area contributed by atoms with Gasteiger partial charge in [-0.15, -0.1) is 0 Å². The van der Waals surface area contributed by atoms with Crippen LogP contribution in [0.3, 0.4) is 0 Å². The van der Waals surface area contributed by atoms with Crippen LogP contribution in [-0.4, -0.2) is 50.1 Å². The lowest BCUT2D eigenvalue weighted by molar-refractivity contribution is -0.0285. The predicted octanol–water partition coefficient (Wildman–Crippen LogP) is -0.0379. The van der Waals surface area contributed by atoms with Gasteiger partial charge in [-0.1, -0.05) is 6.92 Å². The first-order valence-electron chi connectivity index (χ1n) is 5.61. The summed E-state index contributed by atoms with van der Waals surface area (Å²) in [5.41, 5.74) is 0. The molecule has 4 heteroatoms. The third-order valence-electron chi connectivity index (χ3n) is 3.37. The van der Waals surface area contributed by atoms with Crippen molar-refractivity contribution in [2.24, 2.45) is 0 Å². The molecule has 2 aliphatic rings. The van der Waals surface area contributed by atoms with Crippen LogP contribution in [-0.2, 0) is 4.74 Å². The molecule has 2 aliphatic heterocycles. The Morgan fingerprint density at radius 3 is 3.00 bits per heavy atom. The molecule has 3 unspecified atom stereocenters. The lowest BCUT2D eigenvalue weighted by atomic mass is 9.99. The molecular formula is C10H21N3O. The number of rotatable bonds is 2. The van der Waals surface area contributed by atoms with Crippen LogP contribution in [0, 0.1) is 0 Å². The van der Waals surface area contributed by atoms with Gasteiger partial charge in [-0.25, -0.2) is 0 Å². The number of hydrogen-bond donors (Lipinski definition) is 2. The van der Waals surface area contributed by atoms with Crippen molar-refractivity contribution in [3.63, 3.8) is 0 Å². The minimum Gasteiger partial charge on any atom is -0.367 e. The third-order valence-corrected chi connectivity index (χ3v) is 3.37. The Morgan fingerprint density at radius 1 is 1.43 bits per heavy atom. The van der Waals surface area contributed by atoms with Crippen molar-refractivity contribution >= 4 is 0 Å². The van der Waals surface area contributed by atoms with E-state index in [1.165, 1.54) is 6.42 Å². The fourth-order valence-electron chi connectivity index (χ4n) is 2.53. The van der Waals surface area contributed by atoms with Gasteiger partial charge in [-0.05, 0) is 19.4 Å². The van der Waals surface area contributed by atoms with Gasteiger partial charge in [-0.2, -0.15) is 0 Å². The number of piperazine rings is 1. The molecular weight excluding hydrogens is 178 g/mol. The molecule has 0 aromatic carbocycles. The summed E-state index contributed by atoms with van der Waals surface area (Å²) in [6.45, 7) is 5.60. The van der Waals surface area contributed by atoms with Gasteiger partial charge in [0.15, 0.2) is 0 Å². The van der Waals surface area contributed by atoms with Gasteiger partial charge >= 0.3 is 0 Å².